The first-order valence-corrected chi connectivity index (χ1v) is 29.7. The fourth-order valence-corrected chi connectivity index (χ4v) is 14.2. The van der Waals surface area contributed by atoms with Crippen molar-refractivity contribution >= 4 is 44.1 Å². The Kier molecular flexibility index (Phi) is 20.0. The lowest BCUT2D eigenvalue weighted by Crippen LogP contribution is -2.31. The molecule has 0 unspecified atom stereocenters. The minimum Gasteiger partial charge on any atom is -0.328 e. The number of hydrogen-bond acceptors (Lipinski definition) is 12. The number of hydrogen-bond donors (Lipinski definition) is 4. The number of benzene rings is 4. The molecule has 0 bridgehead atoms. The number of fused-ring (bicyclic) bond motifs is 4. The Bertz CT molecular complexity index is 3170. The highest BCUT2D eigenvalue weighted by Gasteiger charge is 2.40. The standard InChI is InChI=1S/4C16H18F3N3/c4*1-9-6-10(8-11(20)7-9)12-2-3-13(16(17,18)19)15-14(12)21-4-5-22-15/h4*2-5,9-11H,6-8,20H2,1H3/t2*9-,10+,11-;2*9-,10-,11-/m1010/s1. The van der Waals surface area contributed by atoms with E-state index in [0.717, 1.165) is 124 Å². The van der Waals surface area contributed by atoms with Crippen molar-refractivity contribution in [3.05, 3.63) is 143 Å². The molecule has 88 heavy (non-hydrogen) atoms. The van der Waals surface area contributed by atoms with Crippen molar-refractivity contribution in [1.82, 2.24) is 39.9 Å². The molecule has 4 fully saturated rings. The van der Waals surface area contributed by atoms with E-state index in [1.807, 2.05) is 0 Å². The Balaban J connectivity index is 0.000000140. The summed E-state index contributed by atoms with van der Waals surface area (Å²) in [5, 5.41) is 0. The predicted octanol–water partition coefficient (Wildman–Crippen LogP) is 15.5. The van der Waals surface area contributed by atoms with Gasteiger partial charge in [0.2, 0.25) is 0 Å². The van der Waals surface area contributed by atoms with E-state index >= 15 is 0 Å². The van der Waals surface area contributed by atoms with Crippen molar-refractivity contribution in [2.45, 2.75) is 177 Å². The van der Waals surface area contributed by atoms with Crippen LogP contribution in [0.15, 0.2) is 98.1 Å². The van der Waals surface area contributed by atoms with Gasteiger partial charge >= 0.3 is 24.7 Å². The quantitative estimate of drug-likeness (QED) is 0.121. The van der Waals surface area contributed by atoms with Gasteiger partial charge in [0.1, 0.15) is 22.1 Å². The van der Waals surface area contributed by atoms with Gasteiger partial charge in [-0.1, -0.05) is 52.0 Å². The molecule has 4 aliphatic carbocycles. The van der Waals surface area contributed by atoms with Crippen LogP contribution >= 0.6 is 0 Å². The number of halogens is 12. The summed E-state index contributed by atoms with van der Waals surface area (Å²) in [5.41, 5.74) is 25.9. The van der Waals surface area contributed by atoms with E-state index in [0.29, 0.717) is 45.7 Å². The lowest BCUT2D eigenvalue weighted by Gasteiger charge is -2.32. The highest BCUT2D eigenvalue weighted by Crippen LogP contribution is 2.46. The van der Waals surface area contributed by atoms with Crippen molar-refractivity contribution in [1.29, 1.82) is 0 Å². The molecule has 0 amide bonds. The smallest absolute Gasteiger partial charge is 0.328 e. The van der Waals surface area contributed by atoms with Gasteiger partial charge in [-0.3, -0.25) is 39.9 Å². The highest BCUT2D eigenvalue weighted by atomic mass is 19.4. The van der Waals surface area contributed by atoms with Crippen LogP contribution in [0.4, 0.5) is 52.7 Å². The van der Waals surface area contributed by atoms with Crippen LogP contribution in [0.2, 0.25) is 0 Å². The molecule has 24 heteroatoms. The second-order valence-electron chi connectivity index (χ2n) is 24.9. The van der Waals surface area contributed by atoms with Crippen LogP contribution in [-0.2, 0) is 24.7 Å². The van der Waals surface area contributed by atoms with Gasteiger partial charge in [-0.05, 0) is 171 Å². The molecule has 4 saturated carbocycles. The van der Waals surface area contributed by atoms with Gasteiger partial charge in [0, 0.05) is 73.7 Å². The van der Waals surface area contributed by atoms with Crippen LogP contribution in [0.25, 0.3) is 44.1 Å². The molecule has 12 nitrogen and oxygen atoms in total. The van der Waals surface area contributed by atoms with E-state index in [4.69, 9.17) is 22.9 Å². The summed E-state index contributed by atoms with van der Waals surface area (Å²) < 4.78 is 158. The summed E-state index contributed by atoms with van der Waals surface area (Å²) in [6, 6.07) is 11.0. The van der Waals surface area contributed by atoms with Crippen molar-refractivity contribution in [2.24, 2.45) is 46.6 Å². The van der Waals surface area contributed by atoms with Gasteiger partial charge in [-0.2, -0.15) is 52.7 Å². The molecule has 4 aromatic heterocycles. The van der Waals surface area contributed by atoms with E-state index in [-0.39, 0.29) is 69.9 Å². The largest absolute Gasteiger partial charge is 0.418 e. The molecule has 12 atom stereocenters. The second kappa shape index (κ2) is 26.7. The van der Waals surface area contributed by atoms with Gasteiger partial charge in [0.25, 0.3) is 0 Å². The molecule has 0 aliphatic heterocycles. The lowest BCUT2D eigenvalue weighted by molar-refractivity contribution is -0.137. The normalized spacial score (nSPS) is 26.3. The maximum atomic E-state index is 13.1. The molecule has 0 saturated heterocycles. The second-order valence-corrected chi connectivity index (χ2v) is 24.9. The molecule has 4 aromatic carbocycles. The number of nitrogens with two attached hydrogens (primary N) is 4. The van der Waals surface area contributed by atoms with Crippen molar-refractivity contribution in [3.63, 3.8) is 0 Å². The summed E-state index contributed by atoms with van der Waals surface area (Å²) in [5.74, 6) is 2.40. The predicted molar refractivity (Wildman–Crippen MR) is 313 cm³/mol. The van der Waals surface area contributed by atoms with Gasteiger partial charge in [0.05, 0.1) is 44.3 Å². The Morgan fingerprint density at radius 2 is 0.432 bits per heavy atom. The third-order valence-electron chi connectivity index (χ3n) is 17.5. The number of alkyl halides is 12. The Hall–Kier alpha value is -6.76. The summed E-state index contributed by atoms with van der Waals surface area (Å²) in [4.78, 5) is 32.4. The van der Waals surface area contributed by atoms with Crippen LogP contribution in [-0.4, -0.2) is 64.0 Å². The zero-order valence-corrected chi connectivity index (χ0v) is 49.1. The summed E-state index contributed by atoms with van der Waals surface area (Å²) in [7, 11) is 0. The van der Waals surface area contributed by atoms with E-state index in [1.54, 1.807) is 24.3 Å². The van der Waals surface area contributed by atoms with E-state index in [1.165, 1.54) is 49.6 Å². The molecule has 12 rings (SSSR count). The average Bonchev–Trinajstić information content (AvgIpc) is 0.916. The van der Waals surface area contributed by atoms with Crippen LogP contribution in [0.5, 0.6) is 0 Å². The monoisotopic (exact) mass is 1240 g/mol. The molecule has 0 spiro atoms. The van der Waals surface area contributed by atoms with Gasteiger partial charge < -0.3 is 22.9 Å². The number of nitrogens with zero attached hydrogens (tertiary/aromatic N) is 8. The van der Waals surface area contributed by atoms with Crippen LogP contribution in [0.1, 0.15) is 173 Å². The van der Waals surface area contributed by atoms with Crippen molar-refractivity contribution in [2.75, 3.05) is 0 Å². The molecule has 8 aromatic rings. The third kappa shape index (κ3) is 15.4. The molecule has 4 aliphatic rings. The zero-order valence-electron chi connectivity index (χ0n) is 49.1. The first-order chi connectivity index (χ1) is 41.4. The third-order valence-corrected chi connectivity index (χ3v) is 17.5. The fourth-order valence-electron chi connectivity index (χ4n) is 14.2. The maximum Gasteiger partial charge on any atom is 0.418 e. The zero-order chi connectivity index (χ0) is 63.6. The average molecular weight is 1240 g/mol. The minimum atomic E-state index is -4.43. The van der Waals surface area contributed by atoms with E-state index < -0.39 is 47.0 Å². The summed E-state index contributed by atoms with van der Waals surface area (Å²) >= 11 is 0. The Morgan fingerprint density at radius 3 is 0.591 bits per heavy atom. The van der Waals surface area contributed by atoms with E-state index in [9.17, 15) is 52.7 Å². The Labute approximate surface area is 501 Å². The van der Waals surface area contributed by atoms with Crippen LogP contribution in [0, 0.1) is 23.7 Å². The fraction of sp³-hybridized carbons (Fsp3) is 0.500. The number of rotatable bonds is 4. The lowest BCUT2D eigenvalue weighted by atomic mass is 9.76. The van der Waals surface area contributed by atoms with Crippen molar-refractivity contribution in [3.8, 4) is 0 Å². The van der Waals surface area contributed by atoms with Gasteiger partial charge in [-0.25, -0.2) is 0 Å². The molecular formula is C64H72F12N12. The van der Waals surface area contributed by atoms with Gasteiger partial charge in [0.15, 0.2) is 0 Å². The first-order valence-electron chi connectivity index (χ1n) is 29.7. The maximum absolute atomic E-state index is 13.1. The van der Waals surface area contributed by atoms with Crippen molar-refractivity contribution < 1.29 is 52.7 Å². The molecule has 0 radical (unpaired) electrons. The molecular weight excluding hydrogens is 1160 g/mol. The summed E-state index contributed by atoms with van der Waals surface area (Å²) in [6.07, 6.45) is 3.91. The Morgan fingerprint density at radius 1 is 0.261 bits per heavy atom. The minimum absolute atomic E-state index is 0.0701. The topological polar surface area (TPSA) is 207 Å². The van der Waals surface area contributed by atoms with Crippen LogP contribution < -0.4 is 22.9 Å². The SMILES string of the molecule is C[C@@H]1C[C@H](N)C[C@@H](c2ccc(C(F)(F)F)c3nccnc23)C1.C[C@@H]1C[C@H](N)C[C@H](c2ccc(C(F)(F)F)c3nccnc23)C1.C[C@H]1C[C@@H](N)C[C@@H](c2ccc(C(F)(F)F)c3nccnc23)C1.C[C@H]1C[C@@H](N)C[C@H](c2ccc(C(F)(F)F)c3nccnc23)C1. The molecule has 4 heterocycles. The highest BCUT2D eigenvalue weighted by molar-refractivity contribution is 5.85. The van der Waals surface area contributed by atoms with Crippen LogP contribution in [0.3, 0.4) is 0 Å². The number of aromatic nitrogens is 8. The molecule has 472 valence electrons. The first kappa shape index (κ1) is 65.7. The molecule has 8 N–H and O–H groups in total. The van der Waals surface area contributed by atoms with Gasteiger partial charge in [-0.15, -0.1) is 0 Å². The summed E-state index contributed by atoms with van der Waals surface area (Å²) in [6.45, 7) is 8.52. The van der Waals surface area contributed by atoms with E-state index in [2.05, 4.69) is 67.6 Å².